The normalized spacial score (nSPS) is 17.5. The summed E-state index contributed by atoms with van der Waals surface area (Å²) in [6, 6.07) is 8.38. The van der Waals surface area contributed by atoms with E-state index in [0.717, 1.165) is 43.8 Å². The lowest BCUT2D eigenvalue weighted by molar-refractivity contribution is 0.101. The van der Waals surface area contributed by atoms with Crippen molar-refractivity contribution in [2.45, 2.75) is 13.5 Å². The molecule has 0 atom stereocenters. The van der Waals surface area contributed by atoms with Gasteiger partial charge < -0.3 is 9.47 Å². The molecule has 1 aromatic heterocycles. The summed E-state index contributed by atoms with van der Waals surface area (Å²) in [5.41, 5.74) is 3.30. The first-order valence-electron chi connectivity index (χ1n) is 7.55. The molecule has 0 unspecified atom stereocenters. The second kappa shape index (κ2) is 5.62. The number of carbonyl (C=O) groups excluding carboxylic acids is 1. The molecule has 0 aliphatic carbocycles. The van der Waals surface area contributed by atoms with E-state index in [1.165, 1.54) is 11.1 Å². The van der Waals surface area contributed by atoms with Crippen LogP contribution < -0.4 is 0 Å². The predicted molar refractivity (Wildman–Crippen MR) is 85.7 cm³/mol. The number of aryl methyl sites for hydroxylation is 1. The van der Waals surface area contributed by atoms with Crippen LogP contribution in [0, 0.1) is 0 Å². The van der Waals surface area contributed by atoms with Gasteiger partial charge in [0.15, 0.2) is 5.78 Å². The third kappa shape index (κ3) is 2.74. The molecule has 1 aliphatic heterocycles. The summed E-state index contributed by atoms with van der Waals surface area (Å²) in [5.74, 6) is 0.124. The van der Waals surface area contributed by atoms with Gasteiger partial charge in [0.2, 0.25) is 0 Å². The molecule has 2 aromatic rings. The second-order valence-electron chi connectivity index (χ2n) is 6.08. The summed E-state index contributed by atoms with van der Waals surface area (Å²) in [6.07, 6.45) is 0. The van der Waals surface area contributed by atoms with Crippen molar-refractivity contribution in [1.82, 2.24) is 14.4 Å². The van der Waals surface area contributed by atoms with E-state index in [-0.39, 0.29) is 5.78 Å². The van der Waals surface area contributed by atoms with Crippen molar-refractivity contribution >= 4 is 16.7 Å². The Balaban J connectivity index is 1.93. The SMILES string of the molecule is CC(=O)c1cc2cccc(CN3CCN(C)CC3)c2n1C. The fraction of sp³-hybridized carbons (Fsp3) is 0.471. The standard InChI is InChI=1S/C17H23N3O/c1-13(21)16-11-14-5-4-6-15(17(14)19(16)3)12-20-9-7-18(2)8-10-20/h4-6,11H,7-10,12H2,1-3H3. The van der Waals surface area contributed by atoms with Gasteiger partial charge in [-0.15, -0.1) is 0 Å². The summed E-state index contributed by atoms with van der Waals surface area (Å²) in [6.45, 7) is 7.06. The van der Waals surface area contributed by atoms with Gasteiger partial charge in [-0.2, -0.15) is 0 Å². The zero-order valence-electron chi connectivity index (χ0n) is 13.1. The van der Waals surface area contributed by atoms with Crippen molar-refractivity contribution < 1.29 is 4.79 Å². The fourth-order valence-electron chi connectivity index (χ4n) is 3.21. The molecule has 1 fully saturated rings. The maximum Gasteiger partial charge on any atom is 0.176 e. The Labute approximate surface area is 125 Å². The Morgan fingerprint density at radius 1 is 1.14 bits per heavy atom. The van der Waals surface area contributed by atoms with E-state index in [0.29, 0.717) is 0 Å². The van der Waals surface area contributed by atoms with Gasteiger partial charge in [-0.1, -0.05) is 18.2 Å². The maximum absolute atomic E-state index is 11.7. The quantitative estimate of drug-likeness (QED) is 0.809. The van der Waals surface area contributed by atoms with Crippen LogP contribution in [0.5, 0.6) is 0 Å². The first-order valence-corrected chi connectivity index (χ1v) is 7.55. The van der Waals surface area contributed by atoms with Crippen LogP contribution in [-0.2, 0) is 13.6 Å². The molecule has 3 rings (SSSR count). The highest BCUT2D eigenvalue weighted by Gasteiger charge is 2.17. The highest BCUT2D eigenvalue weighted by molar-refractivity contribution is 5.99. The number of piperazine rings is 1. The molecule has 4 heteroatoms. The Bertz CT molecular complexity index is 666. The average Bonchev–Trinajstić information content (AvgIpc) is 2.80. The minimum atomic E-state index is 0.124. The third-order valence-corrected chi connectivity index (χ3v) is 4.49. The van der Waals surface area contributed by atoms with Crippen LogP contribution in [0.15, 0.2) is 24.3 Å². The molecular weight excluding hydrogens is 262 g/mol. The molecule has 0 spiro atoms. The van der Waals surface area contributed by atoms with E-state index in [1.807, 2.05) is 17.7 Å². The first-order chi connectivity index (χ1) is 10.1. The Kier molecular flexibility index (Phi) is 3.83. The van der Waals surface area contributed by atoms with E-state index < -0.39 is 0 Å². The number of likely N-dealkylation sites (N-methyl/N-ethyl adjacent to an activating group) is 1. The average molecular weight is 285 g/mol. The molecule has 4 nitrogen and oxygen atoms in total. The molecule has 1 aliphatic rings. The Morgan fingerprint density at radius 3 is 2.52 bits per heavy atom. The van der Waals surface area contributed by atoms with Crippen LogP contribution in [0.2, 0.25) is 0 Å². The van der Waals surface area contributed by atoms with Crippen LogP contribution in [0.25, 0.3) is 10.9 Å². The molecule has 1 saturated heterocycles. The number of Topliss-reactive ketones (excluding diaryl/α,β-unsaturated/α-hetero) is 1. The van der Waals surface area contributed by atoms with Crippen LogP contribution in [0.3, 0.4) is 0 Å². The van der Waals surface area contributed by atoms with Crippen LogP contribution in [-0.4, -0.2) is 53.4 Å². The van der Waals surface area contributed by atoms with Crippen LogP contribution >= 0.6 is 0 Å². The Hall–Kier alpha value is -1.65. The number of benzene rings is 1. The molecule has 112 valence electrons. The summed E-state index contributed by atoms with van der Waals surface area (Å²) in [5, 5.41) is 1.16. The number of para-hydroxylation sites is 1. The summed E-state index contributed by atoms with van der Waals surface area (Å²) in [4.78, 5) is 16.6. The minimum absolute atomic E-state index is 0.124. The van der Waals surface area contributed by atoms with Gasteiger partial charge in [-0.05, 0) is 18.7 Å². The summed E-state index contributed by atoms with van der Waals surface area (Å²) in [7, 11) is 4.17. The number of rotatable bonds is 3. The molecule has 0 saturated carbocycles. The van der Waals surface area contributed by atoms with E-state index in [4.69, 9.17) is 0 Å². The molecule has 21 heavy (non-hydrogen) atoms. The van der Waals surface area contributed by atoms with E-state index in [9.17, 15) is 4.79 Å². The fourth-order valence-corrected chi connectivity index (χ4v) is 3.21. The number of nitrogens with zero attached hydrogens (tertiary/aromatic N) is 3. The monoisotopic (exact) mass is 285 g/mol. The number of fused-ring (bicyclic) bond motifs is 1. The first kappa shape index (κ1) is 14.3. The van der Waals surface area contributed by atoms with Crippen molar-refractivity contribution in [3.05, 3.63) is 35.5 Å². The topological polar surface area (TPSA) is 28.5 Å². The zero-order chi connectivity index (χ0) is 15.0. The van der Waals surface area contributed by atoms with Crippen molar-refractivity contribution in [3.8, 4) is 0 Å². The van der Waals surface area contributed by atoms with Gasteiger partial charge in [-0.3, -0.25) is 9.69 Å². The third-order valence-electron chi connectivity index (χ3n) is 4.49. The zero-order valence-corrected chi connectivity index (χ0v) is 13.1. The number of carbonyl (C=O) groups is 1. The number of hydrogen-bond donors (Lipinski definition) is 0. The summed E-state index contributed by atoms with van der Waals surface area (Å²) < 4.78 is 2.04. The molecule has 0 bridgehead atoms. The summed E-state index contributed by atoms with van der Waals surface area (Å²) >= 11 is 0. The molecule has 0 N–H and O–H groups in total. The van der Waals surface area contributed by atoms with Gasteiger partial charge in [0, 0.05) is 52.1 Å². The number of ketones is 1. The molecule has 1 aromatic carbocycles. The smallest absolute Gasteiger partial charge is 0.176 e. The molecular formula is C17H23N3O. The van der Waals surface area contributed by atoms with Crippen LogP contribution in [0.1, 0.15) is 23.0 Å². The maximum atomic E-state index is 11.7. The largest absolute Gasteiger partial charge is 0.341 e. The lowest BCUT2D eigenvalue weighted by Crippen LogP contribution is -2.43. The number of hydrogen-bond acceptors (Lipinski definition) is 3. The molecule has 0 amide bonds. The van der Waals surface area contributed by atoms with E-state index in [2.05, 4.69) is 35.0 Å². The second-order valence-corrected chi connectivity index (χ2v) is 6.08. The van der Waals surface area contributed by atoms with Crippen molar-refractivity contribution in [2.75, 3.05) is 33.2 Å². The highest BCUT2D eigenvalue weighted by Crippen LogP contribution is 2.24. The lowest BCUT2D eigenvalue weighted by atomic mass is 10.1. The van der Waals surface area contributed by atoms with E-state index >= 15 is 0 Å². The van der Waals surface area contributed by atoms with Gasteiger partial charge in [0.05, 0.1) is 11.2 Å². The minimum Gasteiger partial charge on any atom is -0.341 e. The number of aromatic nitrogens is 1. The van der Waals surface area contributed by atoms with Crippen molar-refractivity contribution in [1.29, 1.82) is 0 Å². The van der Waals surface area contributed by atoms with Gasteiger partial charge in [-0.25, -0.2) is 0 Å². The van der Waals surface area contributed by atoms with Gasteiger partial charge in [0.1, 0.15) is 0 Å². The highest BCUT2D eigenvalue weighted by atomic mass is 16.1. The van der Waals surface area contributed by atoms with E-state index in [1.54, 1.807) is 6.92 Å². The molecule has 0 radical (unpaired) electrons. The van der Waals surface area contributed by atoms with Gasteiger partial charge in [0.25, 0.3) is 0 Å². The van der Waals surface area contributed by atoms with Gasteiger partial charge >= 0.3 is 0 Å². The van der Waals surface area contributed by atoms with Crippen molar-refractivity contribution in [3.63, 3.8) is 0 Å². The molecule has 2 heterocycles. The Morgan fingerprint density at radius 2 is 1.86 bits per heavy atom. The predicted octanol–water partition coefficient (Wildman–Crippen LogP) is 2.13. The van der Waals surface area contributed by atoms with Crippen molar-refractivity contribution in [2.24, 2.45) is 7.05 Å². The lowest BCUT2D eigenvalue weighted by Gasteiger charge is -2.32. The van der Waals surface area contributed by atoms with Crippen LogP contribution in [0.4, 0.5) is 0 Å².